The van der Waals surface area contributed by atoms with E-state index in [9.17, 15) is 0 Å². The van der Waals surface area contributed by atoms with Crippen LogP contribution in [0.25, 0.3) is 0 Å². The summed E-state index contributed by atoms with van der Waals surface area (Å²) in [6.45, 7) is 4.48. The summed E-state index contributed by atoms with van der Waals surface area (Å²) in [7, 11) is 0. The van der Waals surface area contributed by atoms with Crippen LogP contribution in [-0.4, -0.2) is 18.0 Å². The molecule has 1 aromatic heterocycles. The summed E-state index contributed by atoms with van der Waals surface area (Å²) >= 11 is 5.28. The lowest BCUT2D eigenvalue weighted by atomic mass is 10.2. The van der Waals surface area contributed by atoms with Crippen molar-refractivity contribution in [3.05, 3.63) is 50.6 Å². The molecule has 1 aromatic carbocycles. The van der Waals surface area contributed by atoms with E-state index in [0.717, 1.165) is 13.1 Å². The summed E-state index contributed by atoms with van der Waals surface area (Å²) in [4.78, 5) is 3.89. The molecule has 20 heavy (non-hydrogen) atoms. The van der Waals surface area contributed by atoms with Crippen LogP contribution in [0.4, 0.5) is 5.69 Å². The monoisotopic (exact) mass is 350 g/mol. The van der Waals surface area contributed by atoms with Gasteiger partial charge in [-0.15, -0.1) is 11.3 Å². The number of halogens is 1. The summed E-state index contributed by atoms with van der Waals surface area (Å²) < 4.78 is 1.17. The number of hydrogen-bond acceptors (Lipinski definition) is 3. The van der Waals surface area contributed by atoms with Gasteiger partial charge in [0.1, 0.15) is 0 Å². The molecule has 0 bridgehead atoms. The normalized spacial score (nSPS) is 15.7. The summed E-state index contributed by atoms with van der Waals surface area (Å²) in [5.41, 5.74) is 2.62. The number of thiophene rings is 1. The summed E-state index contributed by atoms with van der Waals surface area (Å²) in [6, 6.07) is 11.0. The SMILES string of the molecule is Brc1csc(CNc2cccc(CN3CCCC3)c2)c1. The Morgan fingerprint density at radius 1 is 1.20 bits per heavy atom. The first-order valence-corrected chi connectivity index (χ1v) is 8.75. The fraction of sp³-hybridized carbons (Fsp3) is 0.375. The highest BCUT2D eigenvalue weighted by atomic mass is 79.9. The molecular weight excluding hydrogens is 332 g/mol. The highest BCUT2D eigenvalue weighted by molar-refractivity contribution is 9.10. The highest BCUT2D eigenvalue weighted by Gasteiger charge is 2.11. The zero-order chi connectivity index (χ0) is 13.8. The maximum absolute atomic E-state index is 3.51. The molecule has 0 unspecified atom stereocenters. The smallest absolute Gasteiger partial charge is 0.0494 e. The molecule has 2 heterocycles. The Kier molecular flexibility index (Phi) is 4.76. The van der Waals surface area contributed by atoms with Gasteiger partial charge in [-0.2, -0.15) is 0 Å². The molecule has 2 nitrogen and oxygen atoms in total. The molecule has 2 aromatic rings. The Balaban J connectivity index is 1.58. The van der Waals surface area contributed by atoms with Crippen molar-refractivity contribution in [2.24, 2.45) is 0 Å². The minimum absolute atomic E-state index is 0.892. The molecule has 106 valence electrons. The van der Waals surface area contributed by atoms with Crippen molar-refractivity contribution in [2.75, 3.05) is 18.4 Å². The molecule has 4 heteroatoms. The number of nitrogens with one attached hydrogen (secondary N) is 1. The first-order valence-electron chi connectivity index (χ1n) is 7.08. The topological polar surface area (TPSA) is 15.3 Å². The fourth-order valence-electron chi connectivity index (χ4n) is 2.61. The van der Waals surface area contributed by atoms with Gasteiger partial charge in [-0.3, -0.25) is 4.90 Å². The number of benzene rings is 1. The van der Waals surface area contributed by atoms with Crippen LogP contribution < -0.4 is 5.32 Å². The number of likely N-dealkylation sites (tertiary alicyclic amines) is 1. The summed E-state index contributed by atoms with van der Waals surface area (Å²) in [5.74, 6) is 0. The minimum atomic E-state index is 0.892. The molecule has 3 rings (SSSR count). The van der Waals surface area contributed by atoms with Gasteiger partial charge in [-0.05, 0) is 65.6 Å². The minimum Gasteiger partial charge on any atom is -0.380 e. The third-order valence-corrected chi connectivity index (χ3v) is 5.32. The Morgan fingerprint density at radius 3 is 2.80 bits per heavy atom. The third kappa shape index (κ3) is 3.84. The standard InChI is InChI=1S/C16H19BrN2S/c17-14-9-16(20-12-14)10-18-15-5-3-4-13(8-15)11-19-6-1-2-7-19/h3-5,8-9,12,18H,1-2,6-7,10-11H2. The van der Waals surface area contributed by atoms with Gasteiger partial charge in [0, 0.05) is 33.5 Å². The maximum atomic E-state index is 3.51. The van der Waals surface area contributed by atoms with Crippen molar-refractivity contribution >= 4 is 33.0 Å². The predicted molar refractivity (Wildman–Crippen MR) is 90.3 cm³/mol. The maximum Gasteiger partial charge on any atom is 0.0494 e. The van der Waals surface area contributed by atoms with Crippen molar-refractivity contribution in [3.63, 3.8) is 0 Å². The van der Waals surface area contributed by atoms with E-state index >= 15 is 0 Å². The average molecular weight is 351 g/mol. The Labute approximate surface area is 132 Å². The van der Waals surface area contributed by atoms with Gasteiger partial charge in [-0.25, -0.2) is 0 Å². The molecule has 1 saturated heterocycles. The number of anilines is 1. The second-order valence-electron chi connectivity index (χ2n) is 5.27. The van der Waals surface area contributed by atoms with E-state index in [0.29, 0.717) is 0 Å². The van der Waals surface area contributed by atoms with Gasteiger partial charge in [0.15, 0.2) is 0 Å². The molecule has 0 amide bonds. The number of rotatable bonds is 5. The number of nitrogens with zero attached hydrogens (tertiary/aromatic N) is 1. The van der Waals surface area contributed by atoms with Crippen molar-refractivity contribution in [2.45, 2.75) is 25.9 Å². The second kappa shape index (κ2) is 6.74. The van der Waals surface area contributed by atoms with Crippen LogP contribution in [-0.2, 0) is 13.1 Å². The largest absolute Gasteiger partial charge is 0.380 e. The summed E-state index contributed by atoms with van der Waals surface area (Å²) in [5, 5.41) is 5.64. The van der Waals surface area contributed by atoms with Crippen LogP contribution in [0, 0.1) is 0 Å². The zero-order valence-corrected chi connectivity index (χ0v) is 13.8. The van der Waals surface area contributed by atoms with E-state index in [1.165, 1.54) is 46.5 Å². The second-order valence-corrected chi connectivity index (χ2v) is 7.18. The van der Waals surface area contributed by atoms with E-state index in [2.05, 4.69) is 61.9 Å². The van der Waals surface area contributed by atoms with Crippen molar-refractivity contribution < 1.29 is 0 Å². The van der Waals surface area contributed by atoms with E-state index in [4.69, 9.17) is 0 Å². The zero-order valence-electron chi connectivity index (χ0n) is 11.4. The van der Waals surface area contributed by atoms with Crippen LogP contribution in [0.15, 0.2) is 40.2 Å². The van der Waals surface area contributed by atoms with Crippen LogP contribution in [0.1, 0.15) is 23.3 Å². The molecule has 1 N–H and O–H groups in total. The van der Waals surface area contributed by atoms with E-state index in [1.54, 1.807) is 11.3 Å². The molecule has 0 saturated carbocycles. The molecule has 0 radical (unpaired) electrons. The molecular formula is C16H19BrN2S. The Morgan fingerprint density at radius 2 is 2.05 bits per heavy atom. The fourth-order valence-corrected chi connectivity index (χ4v) is 4.01. The van der Waals surface area contributed by atoms with Gasteiger partial charge in [0.2, 0.25) is 0 Å². The third-order valence-electron chi connectivity index (χ3n) is 3.62. The van der Waals surface area contributed by atoms with E-state index < -0.39 is 0 Å². The van der Waals surface area contributed by atoms with E-state index in [-0.39, 0.29) is 0 Å². The van der Waals surface area contributed by atoms with Gasteiger partial charge in [-0.1, -0.05) is 12.1 Å². The van der Waals surface area contributed by atoms with Crippen molar-refractivity contribution in [1.29, 1.82) is 0 Å². The average Bonchev–Trinajstić information content (AvgIpc) is 3.09. The highest BCUT2D eigenvalue weighted by Crippen LogP contribution is 2.21. The Bertz CT molecular complexity index is 561. The van der Waals surface area contributed by atoms with Gasteiger partial charge in [0.05, 0.1) is 0 Å². The van der Waals surface area contributed by atoms with Gasteiger partial charge < -0.3 is 5.32 Å². The molecule has 0 spiro atoms. The lowest BCUT2D eigenvalue weighted by Crippen LogP contribution is -2.18. The van der Waals surface area contributed by atoms with Crippen LogP contribution >= 0.6 is 27.3 Å². The van der Waals surface area contributed by atoms with Gasteiger partial charge in [0.25, 0.3) is 0 Å². The number of hydrogen-bond donors (Lipinski definition) is 1. The van der Waals surface area contributed by atoms with Crippen LogP contribution in [0.5, 0.6) is 0 Å². The molecule has 0 atom stereocenters. The summed E-state index contributed by atoms with van der Waals surface area (Å²) in [6.07, 6.45) is 2.70. The van der Waals surface area contributed by atoms with Crippen LogP contribution in [0.3, 0.4) is 0 Å². The Hall–Kier alpha value is -0.840. The van der Waals surface area contributed by atoms with Gasteiger partial charge >= 0.3 is 0 Å². The molecule has 1 aliphatic heterocycles. The lowest BCUT2D eigenvalue weighted by molar-refractivity contribution is 0.331. The van der Waals surface area contributed by atoms with Crippen LogP contribution in [0.2, 0.25) is 0 Å². The van der Waals surface area contributed by atoms with Crippen molar-refractivity contribution in [1.82, 2.24) is 4.90 Å². The van der Waals surface area contributed by atoms with E-state index in [1.807, 2.05) is 0 Å². The predicted octanol–water partition coefficient (Wildman–Crippen LogP) is 4.72. The molecule has 1 aliphatic rings. The molecule has 1 fully saturated rings. The first-order chi connectivity index (χ1) is 9.79. The lowest BCUT2D eigenvalue weighted by Gasteiger charge is -2.15. The quantitative estimate of drug-likeness (QED) is 0.839. The first kappa shape index (κ1) is 14.1. The molecule has 0 aliphatic carbocycles. The van der Waals surface area contributed by atoms with Crippen molar-refractivity contribution in [3.8, 4) is 0 Å².